The molecule has 0 atom stereocenters. The summed E-state index contributed by atoms with van der Waals surface area (Å²) in [6.07, 6.45) is 0. The van der Waals surface area contributed by atoms with E-state index in [0.717, 1.165) is 22.0 Å². The third-order valence-corrected chi connectivity index (χ3v) is 2.86. The van der Waals surface area contributed by atoms with E-state index < -0.39 is 0 Å². The minimum absolute atomic E-state index is 0.652. The second kappa shape index (κ2) is 4.59. The molecule has 1 heterocycles. The summed E-state index contributed by atoms with van der Waals surface area (Å²) in [5.74, 6) is 0. The number of nitrogens with one attached hydrogen (secondary N) is 1. The van der Waals surface area contributed by atoms with Gasteiger partial charge >= 0.3 is 0 Å². The van der Waals surface area contributed by atoms with Crippen LogP contribution in [0.1, 0.15) is 11.3 Å². The number of halogens is 1. The van der Waals surface area contributed by atoms with Crippen molar-refractivity contribution in [3.8, 4) is 0 Å². The van der Waals surface area contributed by atoms with Crippen LogP contribution in [0.4, 0.5) is 5.69 Å². The fourth-order valence-electron chi connectivity index (χ4n) is 1.21. The zero-order chi connectivity index (χ0) is 10.7. The molecule has 0 unspecified atom stereocenters. The van der Waals surface area contributed by atoms with Gasteiger partial charge in [-0.05, 0) is 36.2 Å². The van der Waals surface area contributed by atoms with E-state index in [1.807, 2.05) is 30.5 Å². The van der Waals surface area contributed by atoms with Gasteiger partial charge in [-0.1, -0.05) is 22.2 Å². The van der Waals surface area contributed by atoms with Crippen LogP contribution in [0.25, 0.3) is 0 Å². The van der Waals surface area contributed by atoms with E-state index in [4.69, 9.17) is 11.6 Å². The predicted octanol–water partition coefficient (Wildman–Crippen LogP) is 3.11. The van der Waals surface area contributed by atoms with Gasteiger partial charge in [-0.2, -0.15) is 0 Å². The Hall–Kier alpha value is -1.13. The standard InChI is InChI=1S/C10H10ClN3S/c1-7-2-3-10(9(11)4-7)12-5-8-6-15-14-13-8/h2-4,6,12H,5H2,1H3. The minimum atomic E-state index is 0.652. The second-order valence-corrected chi connectivity index (χ2v) is 4.25. The third kappa shape index (κ3) is 2.67. The predicted molar refractivity (Wildman–Crippen MR) is 63.4 cm³/mol. The molecule has 2 rings (SSSR count). The Morgan fingerprint density at radius 1 is 1.47 bits per heavy atom. The second-order valence-electron chi connectivity index (χ2n) is 3.23. The van der Waals surface area contributed by atoms with Crippen molar-refractivity contribution < 1.29 is 0 Å². The summed E-state index contributed by atoms with van der Waals surface area (Å²) in [6.45, 7) is 2.67. The van der Waals surface area contributed by atoms with Gasteiger partial charge in [0.15, 0.2) is 0 Å². The van der Waals surface area contributed by atoms with Crippen molar-refractivity contribution >= 4 is 28.8 Å². The Morgan fingerprint density at radius 3 is 3.00 bits per heavy atom. The van der Waals surface area contributed by atoms with Crippen molar-refractivity contribution in [1.29, 1.82) is 0 Å². The fourth-order valence-corrected chi connectivity index (χ4v) is 1.96. The lowest BCUT2D eigenvalue weighted by atomic mass is 10.2. The Morgan fingerprint density at radius 2 is 2.33 bits per heavy atom. The summed E-state index contributed by atoms with van der Waals surface area (Å²) in [4.78, 5) is 0. The number of hydrogen-bond acceptors (Lipinski definition) is 4. The van der Waals surface area contributed by atoms with E-state index in [2.05, 4.69) is 14.9 Å². The maximum absolute atomic E-state index is 6.07. The van der Waals surface area contributed by atoms with E-state index in [-0.39, 0.29) is 0 Å². The van der Waals surface area contributed by atoms with Crippen LogP contribution in [0.2, 0.25) is 5.02 Å². The Labute approximate surface area is 97.3 Å². The highest BCUT2D eigenvalue weighted by atomic mass is 35.5. The van der Waals surface area contributed by atoms with Crippen molar-refractivity contribution in [2.45, 2.75) is 13.5 Å². The highest BCUT2D eigenvalue weighted by Crippen LogP contribution is 2.23. The molecule has 1 aromatic heterocycles. The maximum Gasteiger partial charge on any atom is 0.0946 e. The highest BCUT2D eigenvalue weighted by Gasteiger charge is 2.01. The summed E-state index contributed by atoms with van der Waals surface area (Å²) in [5.41, 5.74) is 3.01. The number of anilines is 1. The lowest BCUT2D eigenvalue weighted by molar-refractivity contribution is 0.999. The fraction of sp³-hybridized carbons (Fsp3) is 0.200. The van der Waals surface area contributed by atoms with E-state index in [0.29, 0.717) is 6.54 Å². The largest absolute Gasteiger partial charge is 0.378 e. The molecule has 2 aromatic rings. The van der Waals surface area contributed by atoms with Crippen LogP contribution >= 0.6 is 23.1 Å². The van der Waals surface area contributed by atoms with Crippen LogP contribution in [0.15, 0.2) is 23.6 Å². The van der Waals surface area contributed by atoms with Gasteiger partial charge in [0.25, 0.3) is 0 Å². The first kappa shape index (κ1) is 10.4. The molecule has 0 aliphatic carbocycles. The molecular weight excluding hydrogens is 230 g/mol. The van der Waals surface area contributed by atoms with Gasteiger partial charge in [0.05, 0.1) is 22.9 Å². The van der Waals surface area contributed by atoms with Crippen LogP contribution in [-0.2, 0) is 6.54 Å². The van der Waals surface area contributed by atoms with Crippen molar-refractivity contribution in [2.75, 3.05) is 5.32 Å². The van der Waals surface area contributed by atoms with Crippen molar-refractivity contribution in [1.82, 2.24) is 9.59 Å². The molecule has 0 radical (unpaired) electrons. The molecule has 1 N–H and O–H groups in total. The van der Waals surface area contributed by atoms with E-state index in [9.17, 15) is 0 Å². The topological polar surface area (TPSA) is 37.8 Å². The Balaban J connectivity index is 2.05. The summed E-state index contributed by atoms with van der Waals surface area (Å²) in [6, 6.07) is 5.92. The van der Waals surface area contributed by atoms with Crippen LogP contribution in [0.3, 0.4) is 0 Å². The van der Waals surface area contributed by atoms with Crippen molar-refractivity contribution in [3.05, 3.63) is 39.9 Å². The molecule has 1 aromatic carbocycles. The van der Waals surface area contributed by atoms with Crippen molar-refractivity contribution in [2.24, 2.45) is 0 Å². The third-order valence-electron chi connectivity index (χ3n) is 1.99. The minimum Gasteiger partial charge on any atom is -0.378 e. The van der Waals surface area contributed by atoms with Gasteiger partial charge in [0.2, 0.25) is 0 Å². The Kier molecular flexibility index (Phi) is 3.18. The number of rotatable bonds is 3. The van der Waals surface area contributed by atoms with Crippen LogP contribution in [0, 0.1) is 6.92 Å². The average molecular weight is 240 g/mol. The molecule has 0 aliphatic rings. The zero-order valence-corrected chi connectivity index (χ0v) is 9.77. The zero-order valence-electron chi connectivity index (χ0n) is 8.20. The molecule has 0 spiro atoms. The molecule has 5 heteroatoms. The number of hydrogen-bond donors (Lipinski definition) is 1. The molecule has 3 nitrogen and oxygen atoms in total. The molecular formula is C10H10ClN3S. The first-order valence-corrected chi connectivity index (χ1v) is 5.73. The SMILES string of the molecule is Cc1ccc(NCc2csnn2)c(Cl)c1. The normalized spacial score (nSPS) is 10.3. The molecule has 0 amide bonds. The molecule has 15 heavy (non-hydrogen) atoms. The van der Waals surface area contributed by atoms with Gasteiger partial charge in [-0.15, -0.1) is 5.10 Å². The van der Waals surface area contributed by atoms with Gasteiger partial charge in [0.1, 0.15) is 0 Å². The first-order valence-electron chi connectivity index (χ1n) is 4.51. The molecule has 0 bridgehead atoms. The average Bonchev–Trinajstić information content (AvgIpc) is 2.69. The quantitative estimate of drug-likeness (QED) is 0.895. The van der Waals surface area contributed by atoms with Crippen LogP contribution < -0.4 is 5.32 Å². The molecule has 0 saturated carbocycles. The van der Waals surface area contributed by atoms with Gasteiger partial charge in [-0.3, -0.25) is 0 Å². The molecule has 0 saturated heterocycles. The lowest BCUT2D eigenvalue weighted by Crippen LogP contribution is -2.00. The number of aromatic nitrogens is 2. The monoisotopic (exact) mass is 239 g/mol. The van der Waals surface area contributed by atoms with Gasteiger partial charge in [-0.25, -0.2) is 0 Å². The molecule has 0 aliphatic heterocycles. The lowest BCUT2D eigenvalue weighted by Gasteiger charge is -2.06. The van der Waals surface area contributed by atoms with Gasteiger partial charge < -0.3 is 5.32 Å². The summed E-state index contributed by atoms with van der Waals surface area (Å²) < 4.78 is 3.79. The van der Waals surface area contributed by atoms with Crippen LogP contribution in [-0.4, -0.2) is 9.59 Å². The summed E-state index contributed by atoms with van der Waals surface area (Å²) in [5, 5.41) is 9.80. The van der Waals surface area contributed by atoms with Gasteiger partial charge in [0, 0.05) is 5.38 Å². The molecule has 78 valence electrons. The van der Waals surface area contributed by atoms with E-state index in [1.54, 1.807) is 0 Å². The molecule has 0 fully saturated rings. The summed E-state index contributed by atoms with van der Waals surface area (Å²) >= 11 is 7.42. The summed E-state index contributed by atoms with van der Waals surface area (Å²) in [7, 11) is 0. The smallest absolute Gasteiger partial charge is 0.0946 e. The van der Waals surface area contributed by atoms with Crippen LogP contribution in [0.5, 0.6) is 0 Å². The highest BCUT2D eigenvalue weighted by molar-refractivity contribution is 7.03. The maximum atomic E-state index is 6.07. The Bertz CT molecular complexity index is 442. The number of aryl methyl sites for hydroxylation is 1. The van der Waals surface area contributed by atoms with E-state index in [1.165, 1.54) is 11.5 Å². The first-order chi connectivity index (χ1) is 7.25. The van der Waals surface area contributed by atoms with Crippen molar-refractivity contribution in [3.63, 3.8) is 0 Å². The number of benzene rings is 1. The van der Waals surface area contributed by atoms with E-state index >= 15 is 0 Å². The number of nitrogens with zero attached hydrogens (tertiary/aromatic N) is 2.